The molecule has 0 aliphatic carbocycles. The van der Waals surface area contributed by atoms with Gasteiger partial charge in [0.05, 0.1) is 10.6 Å². The van der Waals surface area contributed by atoms with Crippen molar-refractivity contribution in [2.24, 2.45) is 0 Å². The van der Waals surface area contributed by atoms with Crippen molar-refractivity contribution in [2.75, 3.05) is 17.4 Å². The number of aryl methyl sites for hydroxylation is 1. The average Bonchev–Trinajstić information content (AvgIpc) is 2.91. The van der Waals surface area contributed by atoms with E-state index in [9.17, 15) is 22.4 Å². The molecule has 202 valence electrons. The third-order valence-corrected chi connectivity index (χ3v) is 8.21. The van der Waals surface area contributed by atoms with E-state index in [1.54, 1.807) is 44.2 Å². The highest BCUT2D eigenvalue weighted by Crippen LogP contribution is 2.29. The molecule has 3 rings (SSSR count). The van der Waals surface area contributed by atoms with Gasteiger partial charge in [-0.25, -0.2) is 12.8 Å². The van der Waals surface area contributed by atoms with Crippen molar-refractivity contribution in [3.8, 4) is 0 Å². The van der Waals surface area contributed by atoms with E-state index >= 15 is 0 Å². The molecule has 0 bridgehead atoms. The molecule has 0 radical (unpaired) electrons. The molecule has 0 fully saturated rings. The largest absolute Gasteiger partial charge is 0.354 e. The number of rotatable bonds is 11. The van der Waals surface area contributed by atoms with Gasteiger partial charge in [0.2, 0.25) is 11.8 Å². The number of amides is 2. The molecule has 0 saturated heterocycles. The van der Waals surface area contributed by atoms with Crippen molar-refractivity contribution in [3.63, 3.8) is 0 Å². The molecule has 1 N–H and O–H groups in total. The Morgan fingerprint density at radius 2 is 1.61 bits per heavy atom. The smallest absolute Gasteiger partial charge is 0.264 e. The minimum absolute atomic E-state index is 0.00580. The average molecular weight is 540 g/mol. The number of nitrogens with zero attached hydrogens (tertiary/aromatic N) is 2. The third-order valence-electron chi connectivity index (χ3n) is 6.44. The van der Waals surface area contributed by atoms with Crippen molar-refractivity contribution in [1.82, 2.24) is 10.2 Å². The van der Waals surface area contributed by atoms with Gasteiger partial charge in [-0.1, -0.05) is 49.4 Å². The quantitative estimate of drug-likeness (QED) is 0.387. The minimum Gasteiger partial charge on any atom is -0.354 e. The van der Waals surface area contributed by atoms with Gasteiger partial charge in [-0.15, -0.1) is 0 Å². The fourth-order valence-corrected chi connectivity index (χ4v) is 5.50. The number of anilines is 1. The second-order valence-electron chi connectivity index (χ2n) is 9.16. The summed E-state index contributed by atoms with van der Waals surface area (Å²) in [6.07, 6.45) is 0.722. The molecule has 3 aromatic carbocycles. The molecule has 0 aliphatic heterocycles. The zero-order valence-electron chi connectivity index (χ0n) is 22.1. The number of sulfonamides is 1. The van der Waals surface area contributed by atoms with Crippen LogP contribution >= 0.6 is 0 Å². The number of benzene rings is 3. The second-order valence-corrected chi connectivity index (χ2v) is 11.0. The molecule has 3 aromatic rings. The summed E-state index contributed by atoms with van der Waals surface area (Å²) in [4.78, 5) is 28.1. The van der Waals surface area contributed by atoms with Gasteiger partial charge in [-0.3, -0.25) is 13.9 Å². The van der Waals surface area contributed by atoms with Gasteiger partial charge in [0.15, 0.2) is 0 Å². The fourth-order valence-electron chi connectivity index (χ4n) is 4.00. The number of halogens is 1. The summed E-state index contributed by atoms with van der Waals surface area (Å²) in [5, 5.41) is 2.80. The van der Waals surface area contributed by atoms with Gasteiger partial charge in [-0.05, 0) is 74.2 Å². The Morgan fingerprint density at radius 3 is 2.24 bits per heavy atom. The number of nitrogens with one attached hydrogen (secondary N) is 1. The van der Waals surface area contributed by atoms with E-state index in [-0.39, 0.29) is 17.3 Å². The summed E-state index contributed by atoms with van der Waals surface area (Å²) in [5.74, 6) is -1.34. The fraction of sp³-hybridized carbons (Fsp3) is 0.310. The van der Waals surface area contributed by atoms with Crippen molar-refractivity contribution in [3.05, 3.63) is 95.3 Å². The maximum absolute atomic E-state index is 13.9. The first-order valence-electron chi connectivity index (χ1n) is 12.5. The summed E-state index contributed by atoms with van der Waals surface area (Å²) < 4.78 is 42.3. The van der Waals surface area contributed by atoms with Gasteiger partial charge >= 0.3 is 0 Å². The van der Waals surface area contributed by atoms with Crippen LogP contribution in [0.4, 0.5) is 10.1 Å². The molecular formula is C29H34FN3O4S. The Kier molecular flexibility index (Phi) is 9.63. The number of hydrogen-bond donors (Lipinski definition) is 1. The van der Waals surface area contributed by atoms with Crippen LogP contribution in [0, 0.1) is 19.7 Å². The zero-order chi connectivity index (χ0) is 27.9. The molecule has 9 heteroatoms. The molecule has 0 spiro atoms. The molecular weight excluding hydrogens is 505 g/mol. The Labute approximate surface area is 224 Å². The molecule has 0 aliphatic rings. The van der Waals surface area contributed by atoms with Crippen molar-refractivity contribution in [1.29, 1.82) is 0 Å². The molecule has 7 nitrogen and oxygen atoms in total. The standard InChI is InChI=1S/C29H34FN3O4S/c1-5-18-31-29(35)23(4)32(19-24-14-16-25(30)17-15-24)28(34)20-33(27-13-9-10-21(2)22(27)3)38(36,37)26-11-7-6-8-12-26/h6-17,23H,5,18-20H2,1-4H3,(H,31,35)/t23-/m0/s1. The van der Waals surface area contributed by atoms with Gasteiger partial charge in [-0.2, -0.15) is 0 Å². The van der Waals surface area contributed by atoms with Crippen molar-refractivity contribution >= 4 is 27.5 Å². The highest BCUT2D eigenvalue weighted by atomic mass is 32.2. The van der Waals surface area contributed by atoms with Crippen LogP contribution in [-0.2, 0) is 26.2 Å². The molecule has 1 atom stereocenters. The van der Waals surface area contributed by atoms with Crippen LogP contribution in [0.1, 0.15) is 37.0 Å². The lowest BCUT2D eigenvalue weighted by Gasteiger charge is -2.32. The topological polar surface area (TPSA) is 86.8 Å². The minimum atomic E-state index is -4.12. The van der Waals surface area contributed by atoms with E-state index in [2.05, 4.69) is 5.32 Å². The maximum Gasteiger partial charge on any atom is 0.264 e. The van der Waals surface area contributed by atoms with Crippen molar-refractivity contribution < 1.29 is 22.4 Å². The lowest BCUT2D eigenvalue weighted by atomic mass is 10.1. The van der Waals surface area contributed by atoms with E-state index in [0.29, 0.717) is 17.8 Å². The first-order valence-corrected chi connectivity index (χ1v) is 14.0. The predicted molar refractivity (Wildman–Crippen MR) is 147 cm³/mol. The molecule has 0 heterocycles. The summed E-state index contributed by atoms with van der Waals surface area (Å²) >= 11 is 0. The molecule has 0 saturated carbocycles. The van der Waals surface area contributed by atoms with Gasteiger partial charge < -0.3 is 10.2 Å². The van der Waals surface area contributed by atoms with E-state index in [0.717, 1.165) is 21.9 Å². The van der Waals surface area contributed by atoms with Gasteiger partial charge in [0.1, 0.15) is 18.4 Å². The highest BCUT2D eigenvalue weighted by Gasteiger charge is 2.33. The van der Waals surface area contributed by atoms with Gasteiger partial charge in [0.25, 0.3) is 10.0 Å². The van der Waals surface area contributed by atoms with Crippen LogP contribution < -0.4 is 9.62 Å². The summed E-state index contributed by atoms with van der Waals surface area (Å²) in [5.41, 5.74) is 2.59. The van der Waals surface area contributed by atoms with Gasteiger partial charge in [0, 0.05) is 13.1 Å². The van der Waals surface area contributed by atoms with E-state index < -0.39 is 34.3 Å². The Bertz CT molecular complexity index is 1360. The molecule has 0 unspecified atom stereocenters. The summed E-state index contributed by atoms with van der Waals surface area (Å²) in [7, 11) is -4.12. The molecule has 0 aromatic heterocycles. The lowest BCUT2D eigenvalue weighted by molar-refractivity contribution is -0.139. The zero-order valence-corrected chi connectivity index (χ0v) is 23.0. The Balaban J connectivity index is 2.04. The van der Waals surface area contributed by atoms with Crippen LogP contribution in [0.15, 0.2) is 77.7 Å². The van der Waals surface area contributed by atoms with Crippen LogP contribution in [0.3, 0.4) is 0 Å². The second kappa shape index (κ2) is 12.7. The number of carbonyl (C=O) groups is 2. The van der Waals surface area contributed by atoms with E-state index in [1.807, 2.05) is 19.9 Å². The maximum atomic E-state index is 13.9. The van der Waals surface area contributed by atoms with Crippen LogP contribution in [0.2, 0.25) is 0 Å². The number of hydrogen-bond acceptors (Lipinski definition) is 4. The summed E-state index contributed by atoms with van der Waals surface area (Å²) in [6, 6.07) is 17.9. The van der Waals surface area contributed by atoms with Crippen LogP contribution in [0.25, 0.3) is 0 Å². The first-order chi connectivity index (χ1) is 18.1. The Morgan fingerprint density at radius 1 is 0.947 bits per heavy atom. The Hall–Kier alpha value is -3.72. The molecule has 38 heavy (non-hydrogen) atoms. The van der Waals surface area contributed by atoms with Crippen LogP contribution in [-0.4, -0.2) is 44.3 Å². The monoisotopic (exact) mass is 539 g/mol. The SMILES string of the molecule is CCCNC(=O)[C@H](C)N(Cc1ccc(F)cc1)C(=O)CN(c1cccc(C)c1C)S(=O)(=O)c1ccccc1. The van der Waals surface area contributed by atoms with Crippen molar-refractivity contribution in [2.45, 2.75) is 51.6 Å². The molecule has 2 amide bonds. The normalized spacial score (nSPS) is 12.0. The van der Waals surface area contributed by atoms with E-state index in [1.165, 1.54) is 41.3 Å². The third kappa shape index (κ3) is 6.77. The lowest BCUT2D eigenvalue weighted by Crippen LogP contribution is -2.51. The summed E-state index contributed by atoms with van der Waals surface area (Å²) in [6.45, 7) is 7.12. The highest BCUT2D eigenvalue weighted by molar-refractivity contribution is 7.92. The number of carbonyl (C=O) groups excluding carboxylic acids is 2. The predicted octanol–water partition coefficient (Wildman–Crippen LogP) is 4.58. The first kappa shape index (κ1) is 28.8. The van der Waals surface area contributed by atoms with E-state index in [4.69, 9.17) is 0 Å². The van der Waals surface area contributed by atoms with Crippen LogP contribution in [0.5, 0.6) is 0 Å².